The van der Waals surface area contributed by atoms with Gasteiger partial charge >= 0.3 is 12.1 Å². The average Bonchev–Trinajstić information content (AvgIpc) is 2.90. The van der Waals surface area contributed by atoms with Crippen LogP contribution in [0.4, 0.5) is 9.59 Å². The van der Waals surface area contributed by atoms with E-state index in [1.54, 1.807) is 0 Å². The second-order valence-corrected chi connectivity index (χ2v) is 19.7. The van der Waals surface area contributed by atoms with E-state index in [1.165, 1.54) is 0 Å². The number of carbonyl (C=O) groups excluding carboxylic acids is 2. The largest absolute Gasteiger partial charge is 0.417 e. The van der Waals surface area contributed by atoms with E-state index in [9.17, 15) is 9.59 Å². The first-order chi connectivity index (χ1) is 17.3. The standard InChI is InChI=1S/C26H56N4O4Si2/c1-7-35(8-2,9-3)33-21-15-19-27-25(31)29-23-17-13-14-18-24(23)30-26(32)28-20-16-22-34-36(10-4,11-5)12-6/h23-24H,7-22H2,1-6H3,(H2,27,29,31)(H2,28,30,32)/t23-,24-/m1/s1. The molecule has 4 amide bonds. The number of amides is 4. The molecule has 2 atom stereocenters. The fraction of sp³-hybridized carbons (Fsp3) is 0.923. The highest BCUT2D eigenvalue weighted by Gasteiger charge is 2.30. The van der Waals surface area contributed by atoms with Crippen LogP contribution >= 0.6 is 0 Å². The van der Waals surface area contributed by atoms with Gasteiger partial charge in [0.15, 0.2) is 16.6 Å². The molecule has 10 heteroatoms. The summed E-state index contributed by atoms with van der Waals surface area (Å²) in [6.45, 7) is 16.0. The molecule has 8 nitrogen and oxygen atoms in total. The maximum atomic E-state index is 12.5. The summed E-state index contributed by atoms with van der Waals surface area (Å²) in [6.07, 6.45) is 5.52. The van der Waals surface area contributed by atoms with Crippen molar-refractivity contribution in [3.05, 3.63) is 0 Å². The Hall–Kier alpha value is -1.11. The molecule has 36 heavy (non-hydrogen) atoms. The van der Waals surface area contributed by atoms with Crippen molar-refractivity contribution in [2.24, 2.45) is 0 Å². The summed E-state index contributed by atoms with van der Waals surface area (Å²) in [5.41, 5.74) is 0. The van der Waals surface area contributed by atoms with Gasteiger partial charge in [-0.3, -0.25) is 0 Å². The molecular formula is C26H56N4O4Si2. The highest BCUT2D eigenvalue weighted by Crippen LogP contribution is 2.22. The zero-order valence-corrected chi connectivity index (χ0v) is 26.1. The van der Waals surface area contributed by atoms with Gasteiger partial charge in [0.2, 0.25) is 0 Å². The summed E-state index contributed by atoms with van der Waals surface area (Å²) < 4.78 is 12.5. The minimum atomic E-state index is -1.56. The Bertz CT molecular complexity index is 550. The summed E-state index contributed by atoms with van der Waals surface area (Å²) in [7, 11) is -3.13. The Labute approximate surface area is 223 Å². The van der Waals surface area contributed by atoms with Crippen LogP contribution in [-0.2, 0) is 8.85 Å². The fourth-order valence-corrected chi connectivity index (χ4v) is 10.5. The number of hydrogen-bond donors (Lipinski definition) is 4. The van der Waals surface area contributed by atoms with Crippen molar-refractivity contribution in [1.29, 1.82) is 0 Å². The third-order valence-electron chi connectivity index (χ3n) is 8.29. The smallest absolute Gasteiger partial charge is 0.315 e. The number of rotatable bonds is 18. The summed E-state index contributed by atoms with van der Waals surface area (Å²) in [6, 6.07) is 6.44. The molecule has 4 N–H and O–H groups in total. The van der Waals surface area contributed by atoms with Crippen LogP contribution in [-0.4, -0.2) is 67.1 Å². The first kappa shape index (κ1) is 32.9. The van der Waals surface area contributed by atoms with Gasteiger partial charge in [0.1, 0.15) is 0 Å². The predicted molar refractivity (Wildman–Crippen MR) is 155 cm³/mol. The Morgan fingerprint density at radius 3 is 1.28 bits per heavy atom. The molecule has 0 bridgehead atoms. The molecule has 0 spiro atoms. The predicted octanol–water partition coefficient (Wildman–Crippen LogP) is 5.72. The maximum Gasteiger partial charge on any atom is 0.315 e. The minimum Gasteiger partial charge on any atom is -0.417 e. The summed E-state index contributed by atoms with van der Waals surface area (Å²) in [5.74, 6) is 0. The molecule has 0 radical (unpaired) electrons. The van der Waals surface area contributed by atoms with Crippen LogP contribution in [0, 0.1) is 0 Å². The first-order valence-corrected chi connectivity index (χ1v) is 19.8. The van der Waals surface area contributed by atoms with E-state index in [1.807, 2.05) is 0 Å². The highest BCUT2D eigenvalue weighted by atomic mass is 28.4. The van der Waals surface area contributed by atoms with Gasteiger partial charge in [-0.05, 0) is 61.9 Å². The zero-order chi connectivity index (χ0) is 26.9. The monoisotopic (exact) mass is 544 g/mol. The fourth-order valence-electron chi connectivity index (χ4n) is 5.15. The molecule has 0 aromatic carbocycles. The summed E-state index contributed by atoms with van der Waals surface area (Å²) >= 11 is 0. The molecule has 0 aliphatic heterocycles. The molecule has 1 rings (SSSR count). The van der Waals surface area contributed by atoms with Gasteiger partial charge < -0.3 is 30.1 Å². The molecule has 0 saturated heterocycles. The van der Waals surface area contributed by atoms with E-state index >= 15 is 0 Å². The van der Waals surface area contributed by atoms with Crippen molar-refractivity contribution in [2.75, 3.05) is 26.3 Å². The Morgan fingerprint density at radius 1 is 0.639 bits per heavy atom. The van der Waals surface area contributed by atoms with Gasteiger partial charge in [0, 0.05) is 26.3 Å². The number of hydrogen-bond acceptors (Lipinski definition) is 4. The number of urea groups is 2. The number of carbonyl (C=O) groups is 2. The van der Waals surface area contributed by atoms with E-state index in [-0.39, 0.29) is 24.1 Å². The molecule has 1 aliphatic carbocycles. The first-order valence-electron chi connectivity index (χ1n) is 14.7. The van der Waals surface area contributed by atoms with Crippen molar-refractivity contribution in [3.8, 4) is 0 Å². The molecule has 1 aliphatic rings. The third kappa shape index (κ3) is 11.5. The van der Waals surface area contributed by atoms with Gasteiger partial charge in [0.25, 0.3) is 0 Å². The third-order valence-corrected chi connectivity index (χ3v) is 17.7. The molecule has 0 unspecified atom stereocenters. The van der Waals surface area contributed by atoms with Crippen LogP contribution in [0.15, 0.2) is 0 Å². The molecule has 1 fully saturated rings. The lowest BCUT2D eigenvalue weighted by Crippen LogP contribution is -2.56. The molecule has 0 aromatic heterocycles. The highest BCUT2D eigenvalue weighted by molar-refractivity contribution is 6.73. The lowest BCUT2D eigenvalue weighted by Gasteiger charge is -2.33. The van der Waals surface area contributed by atoms with Crippen molar-refractivity contribution in [3.63, 3.8) is 0 Å². The van der Waals surface area contributed by atoms with Gasteiger partial charge in [0.05, 0.1) is 12.1 Å². The minimum absolute atomic E-state index is 0.0466. The van der Waals surface area contributed by atoms with Gasteiger partial charge in [-0.1, -0.05) is 54.4 Å². The van der Waals surface area contributed by atoms with E-state index in [2.05, 4.69) is 62.8 Å². The van der Waals surface area contributed by atoms with E-state index in [0.717, 1.165) is 74.8 Å². The van der Waals surface area contributed by atoms with E-state index < -0.39 is 16.6 Å². The Balaban J connectivity index is 2.31. The van der Waals surface area contributed by atoms with Gasteiger partial charge in [-0.25, -0.2) is 9.59 Å². The van der Waals surface area contributed by atoms with Gasteiger partial charge in [-0.15, -0.1) is 0 Å². The second kappa shape index (κ2) is 18.2. The lowest BCUT2D eigenvalue weighted by atomic mass is 9.90. The number of nitrogens with one attached hydrogen (secondary N) is 4. The van der Waals surface area contributed by atoms with Crippen molar-refractivity contribution < 1.29 is 18.4 Å². The molecule has 1 saturated carbocycles. The molecule has 212 valence electrons. The molecular weight excluding hydrogens is 488 g/mol. The van der Waals surface area contributed by atoms with Crippen molar-refractivity contribution in [2.45, 2.75) is 128 Å². The SMILES string of the molecule is CC[Si](CC)(CC)OCCCNC(=O)N[C@@H]1CCCC[C@H]1NC(=O)NCCCO[Si](CC)(CC)CC. The van der Waals surface area contributed by atoms with Crippen LogP contribution in [0.25, 0.3) is 0 Å². The second-order valence-electron chi connectivity index (χ2n) is 10.2. The topological polar surface area (TPSA) is 101 Å². The van der Waals surface area contributed by atoms with Crippen molar-refractivity contribution in [1.82, 2.24) is 21.3 Å². The molecule has 0 heterocycles. The van der Waals surface area contributed by atoms with E-state index in [0.29, 0.717) is 26.3 Å². The van der Waals surface area contributed by atoms with Gasteiger partial charge in [-0.2, -0.15) is 0 Å². The van der Waals surface area contributed by atoms with E-state index in [4.69, 9.17) is 8.85 Å². The average molecular weight is 545 g/mol. The van der Waals surface area contributed by atoms with Crippen LogP contribution in [0.5, 0.6) is 0 Å². The Kier molecular flexibility index (Phi) is 16.6. The Morgan fingerprint density at radius 2 is 0.972 bits per heavy atom. The zero-order valence-electron chi connectivity index (χ0n) is 24.1. The summed E-state index contributed by atoms with van der Waals surface area (Å²) in [5, 5.41) is 12.1. The van der Waals surface area contributed by atoms with Crippen molar-refractivity contribution >= 4 is 28.7 Å². The lowest BCUT2D eigenvalue weighted by molar-refractivity contribution is 0.212. The van der Waals surface area contributed by atoms with Crippen LogP contribution in [0.1, 0.15) is 80.1 Å². The summed E-state index contributed by atoms with van der Waals surface area (Å²) in [4.78, 5) is 25.0. The van der Waals surface area contributed by atoms with Crippen LogP contribution < -0.4 is 21.3 Å². The maximum absolute atomic E-state index is 12.5. The quantitative estimate of drug-likeness (QED) is 0.131. The normalized spacial score (nSPS) is 18.5. The molecule has 0 aromatic rings. The van der Waals surface area contributed by atoms with Crippen LogP contribution in [0.2, 0.25) is 36.3 Å². The van der Waals surface area contributed by atoms with Crippen LogP contribution in [0.3, 0.4) is 0 Å².